The number of hydrogen-bond acceptors (Lipinski definition) is 10. The van der Waals surface area contributed by atoms with Gasteiger partial charge < -0.3 is 36.3 Å². The van der Waals surface area contributed by atoms with Gasteiger partial charge in [0.05, 0.1) is 50.5 Å². The molecule has 3 aliphatic heterocycles. The largest absolute Gasteiger partial charge is 0.497 e. The molecule has 0 aliphatic carbocycles. The minimum Gasteiger partial charge on any atom is -0.497 e. The molecular weight excluding hydrogens is 627 g/mol. The third-order valence-electron chi connectivity index (χ3n) is 8.42. The van der Waals surface area contributed by atoms with Crippen LogP contribution in [0.25, 0.3) is 0 Å². The predicted octanol–water partition coefficient (Wildman–Crippen LogP) is 6.75. The fraction of sp³-hybridized carbons (Fsp3) is 0.222. The first-order valence-electron chi connectivity index (χ1n) is 15.6. The van der Waals surface area contributed by atoms with Gasteiger partial charge in [0.2, 0.25) is 11.8 Å². The van der Waals surface area contributed by atoms with Gasteiger partial charge in [-0.3, -0.25) is 9.59 Å². The first-order chi connectivity index (χ1) is 23.4. The Balaban J connectivity index is 0.912. The Morgan fingerprint density at radius 1 is 0.688 bits per heavy atom. The zero-order valence-corrected chi connectivity index (χ0v) is 27.3. The van der Waals surface area contributed by atoms with E-state index in [0.29, 0.717) is 24.2 Å². The lowest BCUT2D eigenvalue weighted by atomic mass is 10.0. The molecule has 48 heavy (non-hydrogen) atoms. The van der Waals surface area contributed by atoms with Gasteiger partial charge in [-0.2, -0.15) is 10.2 Å². The Kier molecular flexibility index (Phi) is 8.89. The van der Waals surface area contributed by atoms with Gasteiger partial charge in [0.15, 0.2) is 0 Å². The van der Waals surface area contributed by atoms with Gasteiger partial charge in [-0.15, -0.1) is 0 Å². The maximum Gasteiger partial charge on any atom is 0.230 e. The minimum atomic E-state index is -0.123. The monoisotopic (exact) mass is 661 g/mol. The van der Waals surface area contributed by atoms with Crippen molar-refractivity contribution < 1.29 is 19.1 Å². The van der Waals surface area contributed by atoms with Crippen LogP contribution in [-0.2, 0) is 9.59 Å². The molecule has 2 amide bonds. The number of benzene rings is 4. The number of nitrogens with one attached hydrogen (secondary N) is 5. The summed E-state index contributed by atoms with van der Waals surface area (Å²) in [5.41, 5.74) is 13.4. The van der Waals surface area contributed by atoms with Crippen molar-refractivity contribution >= 4 is 57.7 Å². The van der Waals surface area contributed by atoms with Crippen LogP contribution >= 0.6 is 11.8 Å². The fourth-order valence-electron chi connectivity index (χ4n) is 5.89. The van der Waals surface area contributed by atoms with Crippen LogP contribution in [0.3, 0.4) is 0 Å². The van der Waals surface area contributed by atoms with Crippen LogP contribution < -0.4 is 36.3 Å². The van der Waals surface area contributed by atoms with Crippen LogP contribution in [0.2, 0.25) is 0 Å². The van der Waals surface area contributed by atoms with Crippen molar-refractivity contribution in [2.45, 2.75) is 47.6 Å². The number of anilines is 4. The molecule has 2 unspecified atom stereocenters. The standard InChI is InChI=1S/C36H35N7O4S/c1-46-27-9-3-21(4-10-27)31-15-25(40-42-31)19-35(44)37-23-7-13-29-33(17-23)48-34-18-24(8-14-30(34)39-29)38-36(45)20-26-16-32(43-41-26)22-5-11-28(47-2)12-6-22/h3-14,17-18,31-32,39,42-43H,15-16,19-20H2,1-2H3,(H,37,44)(H,38,45). The zero-order valence-electron chi connectivity index (χ0n) is 26.5. The number of carbonyl (C=O) groups is 2. The Morgan fingerprint density at radius 2 is 1.12 bits per heavy atom. The number of ether oxygens (including phenoxy) is 2. The zero-order chi connectivity index (χ0) is 33.0. The molecule has 5 N–H and O–H groups in total. The first kappa shape index (κ1) is 31.1. The van der Waals surface area contributed by atoms with Gasteiger partial charge in [-0.05, 0) is 71.8 Å². The number of methoxy groups -OCH3 is 2. The normalized spacial score (nSPS) is 17.4. The topological polar surface area (TPSA) is 137 Å². The third-order valence-corrected chi connectivity index (χ3v) is 9.54. The summed E-state index contributed by atoms with van der Waals surface area (Å²) in [5.74, 6) is 1.36. The van der Waals surface area contributed by atoms with E-state index in [2.05, 4.69) is 37.0 Å². The highest BCUT2D eigenvalue weighted by atomic mass is 32.2. The molecule has 0 spiro atoms. The van der Waals surface area contributed by atoms with E-state index in [1.165, 1.54) is 0 Å². The molecule has 244 valence electrons. The second-order valence-corrected chi connectivity index (χ2v) is 12.9. The summed E-state index contributed by atoms with van der Waals surface area (Å²) < 4.78 is 10.5. The van der Waals surface area contributed by atoms with E-state index in [4.69, 9.17) is 9.47 Å². The number of amides is 2. The summed E-state index contributed by atoms with van der Waals surface area (Å²) >= 11 is 1.58. The molecule has 3 heterocycles. The van der Waals surface area contributed by atoms with Crippen LogP contribution in [-0.4, -0.2) is 37.5 Å². The van der Waals surface area contributed by atoms with E-state index in [0.717, 1.165) is 55.2 Å². The highest BCUT2D eigenvalue weighted by Gasteiger charge is 2.24. The smallest absolute Gasteiger partial charge is 0.230 e. The second-order valence-electron chi connectivity index (χ2n) is 11.8. The molecule has 11 nitrogen and oxygen atoms in total. The Labute approximate surface area is 282 Å². The molecule has 0 bridgehead atoms. The molecular formula is C36H35N7O4S. The molecule has 4 aromatic rings. The molecule has 0 saturated heterocycles. The van der Waals surface area contributed by atoms with E-state index < -0.39 is 0 Å². The van der Waals surface area contributed by atoms with Crippen LogP contribution in [0.4, 0.5) is 22.7 Å². The number of nitrogens with zero attached hydrogens (tertiary/aromatic N) is 2. The van der Waals surface area contributed by atoms with Crippen molar-refractivity contribution in [3.63, 3.8) is 0 Å². The average Bonchev–Trinajstić information content (AvgIpc) is 3.77. The Morgan fingerprint density at radius 3 is 1.54 bits per heavy atom. The van der Waals surface area contributed by atoms with Crippen LogP contribution in [0.5, 0.6) is 11.5 Å². The van der Waals surface area contributed by atoms with Crippen molar-refractivity contribution in [1.82, 2.24) is 10.9 Å². The number of fused-ring (bicyclic) bond motifs is 2. The van der Waals surface area contributed by atoms with Crippen molar-refractivity contribution in [2.75, 3.05) is 30.2 Å². The molecule has 12 heteroatoms. The van der Waals surface area contributed by atoms with Gasteiger partial charge in [0, 0.05) is 45.4 Å². The van der Waals surface area contributed by atoms with E-state index in [9.17, 15) is 9.59 Å². The predicted molar refractivity (Wildman–Crippen MR) is 189 cm³/mol. The lowest BCUT2D eigenvalue weighted by Gasteiger charge is -2.22. The highest BCUT2D eigenvalue weighted by molar-refractivity contribution is 7.99. The Bertz CT molecular complexity index is 1770. The molecule has 0 radical (unpaired) electrons. The number of rotatable bonds is 10. The lowest BCUT2D eigenvalue weighted by molar-refractivity contribution is -0.116. The third kappa shape index (κ3) is 7.08. The minimum absolute atomic E-state index is 0.0330. The molecule has 7 rings (SSSR count). The van der Waals surface area contributed by atoms with Gasteiger partial charge in [0.1, 0.15) is 11.5 Å². The SMILES string of the molecule is COc1ccc(C2CC(CC(=O)Nc3ccc4c(c3)Sc3cc(NC(=O)CC5=NNC(c6ccc(OC)cc6)C5)ccc3N4)=NN2)cc1. The number of hydrogen-bond donors (Lipinski definition) is 5. The first-order valence-corrected chi connectivity index (χ1v) is 16.5. The molecule has 0 fully saturated rings. The van der Waals surface area contributed by atoms with Crippen LogP contribution in [0, 0.1) is 0 Å². The van der Waals surface area contributed by atoms with E-state index >= 15 is 0 Å². The number of carbonyl (C=O) groups excluding carboxylic acids is 2. The van der Waals surface area contributed by atoms with Crippen LogP contribution in [0.1, 0.15) is 48.9 Å². The summed E-state index contributed by atoms with van der Waals surface area (Å²) in [6.45, 7) is 0. The molecule has 0 aromatic heterocycles. The van der Waals surface area contributed by atoms with E-state index in [1.54, 1.807) is 26.0 Å². The maximum atomic E-state index is 12.9. The van der Waals surface area contributed by atoms with Crippen molar-refractivity contribution in [2.24, 2.45) is 10.2 Å². The van der Waals surface area contributed by atoms with Crippen LogP contribution in [0.15, 0.2) is 105 Å². The second kappa shape index (κ2) is 13.7. The maximum absolute atomic E-state index is 12.9. The van der Waals surface area contributed by atoms with Gasteiger partial charge in [-0.25, -0.2) is 0 Å². The summed E-state index contributed by atoms with van der Waals surface area (Å²) in [5, 5.41) is 18.3. The van der Waals surface area contributed by atoms with Gasteiger partial charge >= 0.3 is 0 Å². The molecule has 2 atom stereocenters. The lowest BCUT2D eigenvalue weighted by Crippen LogP contribution is -2.16. The summed E-state index contributed by atoms with van der Waals surface area (Å²) in [7, 11) is 3.28. The van der Waals surface area contributed by atoms with Crippen molar-refractivity contribution in [3.8, 4) is 11.5 Å². The molecule has 4 aromatic carbocycles. The van der Waals surface area contributed by atoms with E-state index in [1.807, 2.05) is 84.9 Å². The van der Waals surface area contributed by atoms with E-state index in [-0.39, 0.29) is 36.7 Å². The van der Waals surface area contributed by atoms with Gasteiger partial charge in [0.25, 0.3) is 0 Å². The van der Waals surface area contributed by atoms with Crippen molar-refractivity contribution in [3.05, 3.63) is 96.1 Å². The molecule has 0 saturated carbocycles. The highest BCUT2D eigenvalue weighted by Crippen LogP contribution is 2.46. The molecule has 3 aliphatic rings. The van der Waals surface area contributed by atoms with Gasteiger partial charge in [-0.1, -0.05) is 36.0 Å². The van der Waals surface area contributed by atoms with Crippen molar-refractivity contribution in [1.29, 1.82) is 0 Å². The summed E-state index contributed by atoms with van der Waals surface area (Å²) in [6, 6.07) is 27.4. The summed E-state index contributed by atoms with van der Waals surface area (Å²) in [6.07, 6.45) is 1.74. The Hall–Kier alpha value is -5.49. The quantitative estimate of drug-likeness (QED) is 0.111. The fourth-order valence-corrected chi connectivity index (χ4v) is 6.96. The number of hydrazone groups is 2. The average molecular weight is 662 g/mol. The summed E-state index contributed by atoms with van der Waals surface area (Å²) in [4.78, 5) is 27.8.